The average Bonchev–Trinajstić information content (AvgIpc) is 1.36. The molecule has 0 aromatic carbocycles. The van der Waals surface area contributed by atoms with E-state index in [1.807, 2.05) is 0 Å². The molecule has 0 saturated heterocycles. The van der Waals surface area contributed by atoms with Gasteiger partial charge < -0.3 is 6.53 Å². The first-order valence-corrected chi connectivity index (χ1v) is 3.03. The molecule has 0 aromatic heterocycles. The fraction of sp³-hybridized carbons (Fsp3) is 0.667. The largest absolute Gasteiger partial charge is 1.00 e. The van der Waals surface area contributed by atoms with E-state index in [0.29, 0.717) is 0 Å². The van der Waals surface area contributed by atoms with Gasteiger partial charge >= 0.3 is 35.5 Å². The summed E-state index contributed by atoms with van der Waals surface area (Å²) in [4.78, 5) is 9.73. The van der Waals surface area contributed by atoms with Crippen LogP contribution in [0, 0.1) is 0 Å². The topological polar surface area (TPSA) is 37.3 Å². The minimum atomic E-state index is -0.679. The molecule has 0 aliphatic rings. The van der Waals surface area contributed by atoms with Gasteiger partial charge in [0, 0.05) is 15.8 Å². The van der Waals surface area contributed by atoms with E-state index in [1.165, 1.54) is 0 Å². The van der Waals surface area contributed by atoms with Gasteiger partial charge in [0.15, 0.2) is 0 Å². The summed E-state index contributed by atoms with van der Waals surface area (Å²) in [6.07, 6.45) is 0. The van der Waals surface area contributed by atoms with Crippen molar-refractivity contribution in [3.63, 3.8) is 0 Å². The molecule has 0 saturated carbocycles. The molecule has 4 heteroatoms. The quantitative estimate of drug-likeness (QED) is 0.370. The predicted octanol–water partition coefficient (Wildman–Crippen LogP) is -3.64. The van der Waals surface area contributed by atoms with Crippen molar-refractivity contribution in [2.75, 3.05) is 0 Å². The molecule has 38 valence electrons. The molecule has 0 spiro atoms. The van der Waals surface area contributed by atoms with E-state index >= 15 is 0 Å². The Balaban J connectivity index is -0.000000125. The van der Waals surface area contributed by atoms with Crippen molar-refractivity contribution in [2.45, 2.75) is 12.5 Å². The van der Waals surface area contributed by atoms with Crippen LogP contribution in [0.4, 0.5) is 0 Å². The van der Waals surface area contributed by atoms with Crippen molar-refractivity contribution in [3.8, 4) is 0 Å². The Labute approximate surface area is 69.5 Å². The second kappa shape index (κ2) is 4.84. The maximum Gasteiger partial charge on any atom is 1.00 e. The summed E-state index contributed by atoms with van der Waals surface area (Å²) in [6.45, 7) is 1.70. The normalized spacial score (nSPS) is 12.1. The number of hydrogen-bond acceptors (Lipinski definition) is 1. The smallest absolute Gasteiger partial charge is 1.00 e. The summed E-state index contributed by atoms with van der Waals surface area (Å²) >= 11 is 0. The summed E-state index contributed by atoms with van der Waals surface area (Å²) in [5.74, 6) is -0.679. The van der Waals surface area contributed by atoms with Crippen molar-refractivity contribution in [3.05, 3.63) is 0 Å². The van der Waals surface area contributed by atoms with E-state index in [-0.39, 0.29) is 36.5 Å². The van der Waals surface area contributed by atoms with Gasteiger partial charge in [-0.2, -0.15) is 0 Å². The third-order valence-corrected chi connectivity index (χ3v) is 0.988. The number of hydrogen-bond donors (Lipinski definition) is 1. The van der Waals surface area contributed by atoms with Crippen LogP contribution in [-0.2, 0) is 4.79 Å². The molecule has 0 amide bonds. The summed E-state index contributed by atoms with van der Waals surface area (Å²) in [7, 11) is 0.754. The van der Waals surface area contributed by atoms with E-state index in [0.717, 1.165) is 10.2 Å². The standard InChI is InChI=1S/C3H8O2Si.Na.H/c1-2(6)3(4)5;;/h2H,1,6H3,(H,4,5);;/q;+1;-1. The zero-order valence-corrected chi connectivity index (χ0v) is 8.93. The van der Waals surface area contributed by atoms with Crippen LogP contribution in [0.2, 0.25) is 5.54 Å². The molecule has 0 fully saturated rings. The molecular weight excluding hydrogens is 119 g/mol. The van der Waals surface area contributed by atoms with Crippen LogP contribution in [0.3, 0.4) is 0 Å². The third kappa shape index (κ3) is 6.69. The van der Waals surface area contributed by atoms with Crippen LogP contribution in [0.5, 0.6) is 0 Å². The zero-order valence-electron chi connectivity index (χ0n) is 5.93. The summed E-state index contributed by atoms with van der Waals surface area (Å²) < 4.78 is 0. The number of aliphatic carboxylic acids is 1. The minimum absolute atomic E-state index is 0. The van der Waals surface area contributed by atoms with Gasteiger partial charge in [-0.15, -0.1) is 0 Å². The monoisotopic (exact) mass is 128 g/mol. The molecule has 0 heterocycles. The van der Waals surface area contributed by atoms with Gasteiger partial charge in [0.25, 0.3) is 0 Å². The molecule has 0 radical (unpaired) electrons. The first kappa shape index (κ1) is 10.6. The molecule has 0 aliphatic carbocycles. The predicted molar refractivity (Wildman–Crippen MR) is 28.1 cm³/mol. The molecule has 0 rings (SSSR count). The van der Waals surface area contributed by atoms with E-state index < -0.39 is 5.97 Å². The van der Waals surface area contributed by atoms with Crippen molar-refractivity contribution in [2.24, 2.45) is 0 Å². The maximum absolute atomic E-state index is 9.73. The second-order valence-corrected chi connectivity index (χ2v) is 3.22. The van der Waals surface area contributed by atoms with Gasteiger partial charge in [-0.1, -0.05) is 6.92 Å². The van der Waals surface area contributed by atoms with Crippen molar-refractivity contribution in [1.82, 2.24) is 0 Å². The van der Waals surface area contributed by atoms with Crippen LogP contribution in [0.15, 0.2) is 0 Å². The Bertz CT molecular complexity index is 68.3. The SMILES string of the molecule is CC([SiH3])C(=O)O.[H-].[Na+]. The van der Waals surface area contributed by atoms with E-state index in [2.05, 4.69) is 0 Å². The Kier molecular flexibility index (Phi) is 7.34. The van der Waals surface area contributed by atoms with Crippen LogP contribution in [0.1, 0.15) is 8.35 Å². The molecule has 0 bridgehead atoms. The number of carbonyl (C=O) groups is 1. The Morgan fingerprint density at radius 2 is 2.14 bits per heavy atom. The fourth-order valence-electron chi connectivity index (χ4n) is 0. The maximum atomic E-state index is 9.73. The number of carboxylic acids is 1. The van der Waals surface area contributed by atoms with Crippen molar-refractivity contribution >= 4 is 16.2 Å². The number of rotatable bonds is 1. The fourth-order valence-corrected chi connectivity index (χ4v) is 0. The molecule has 2 nitrogen and oxygen atoms in total. The average molecular weight is 128 g/mol. The Hall–Kier alpha value is 0.687. The summed E-state index contributed by atoms with van der Waals surface area (Å²) in [5.41, 5.74) is -0.0926. The van der Waals surface area contributed by atoms with Crippen molar-refractivity contribution in [1.29, 1.82) is 0 Å². The third-order valence-electron chi connectivity index (χ3n) is 0.494. The first-order chi connectivity index (χ1) is 2.64. The molecular formula is C3H9NaO2Si. The van der Waals surface area contributed by atoms with Gasteiger partial charge in [-0.05, 0) is 0 Å². The second-order valence-electron chi connectivity index (χ2n) is 1.49. The molecule has 7 heavy (non-hydrogen) atoms. The molecule has 1 unspecified atom stereocenters. The van der Waals surface area contributed by atoms with Crippen LogP contribution >= 0.6 is 0 Å². The number of carboxylic acid groups (broad SMARTS) is 1. The van der Waals surface area contributed by atoms with Gasteiger partial charge in [0.05, 0.1) is 0 Å². The Morgan fingerprint density at radius 3 is 2.14 bits per heavy atom. The summed E-state index contributed by atoms with van der Waals surface area (Å²) in [5, 5.41) is 8.03. The zero-order chi connectivity index (χ0) is 5.15. The van der Waals surface area contributed by atoms with Gasteiger partial charge in [-0.25, -0.2) is 0 Å². The summed E-state index contributed by atoms with van der Waals surface area (Å²) in [6, 6.07) is 0. The first-order valence-electron chi connectivity index (χ1n) is 1.87. The molecule has 1 atom stereocenters. The molecule has 0 aliphatic heterocycles. The van der Waals surface area contributed by atoms with E-state index in [4.69, 9.17) is 5.11 Å². The minimum Gasteiger partial charge on any atom is -1.00 e. The van der Waals surface area contributed by atoms with E-state index in [9.17, 15) is 4.79 Å². The van der Waals surface area contributed by atoms with Crippen LogP contribution < -0.4 is 29.6 Å². The van der Waals surface area contributed by atoms with Gasteiger partial charge in [0.2, 0.25) is 0 Å². The van der Waals surface area contributed by atoms with Crippen LogP contribution in [0.25, 0.3) is 0 Å². The van der Waals surface area contributed by atoms with Crippen molar-refractivity contribution < 1.29 is 40.9 Å². The Morgan fingerprint density at radius 1 is 2.00 bits per heavy atom. The molecule has 0 aromatic rings. The van der Waals surface area contributed by atoms with Gasteiger partial charge in [-0.3, -0.25) is 4.79 Å². The van der Waals surface area contributed by atoms with Crippen LogP contribution in [-0.4, -0.2) is 21.3 Å². The van der Waals surface area contributed by atoms with E-state index in [1.54, 1.807) is 6.92 Å². The molecule has 1 N–H and O–H groups in total. The van der Waals surface area contributed by atoms with Gasteiger partial charge in [0.1, 0.15) is 0 Å².